The zero-order chi connectivity index (χ0) is 25.0. The van der Waals surface area contributed by atoms with Gasteiger partial charge in [-0.2, -0.15) is 18.3 Å². The van der Waals surface area contributed by atoms with Gasteiger partial charge in [0.25, 0.3) is 5.91 Å². The molecule has 0 aliphatic carbocycles. The topological polar surface area (TPSA) is 90.3 Å². The predicted octanol–water partition coefficient (Wildman–Crippen LogP) is 4.72. The van der Waals surface area contributed by atoms with Gasteiger partial charge in [-0.15, -0.1) is 0 Å². The van der Waals surface area contributed by atoms with Crippen LogP contribution < -0.4 is 20.1 Å². The van der Waals surface area contributed by atoms with Crippen LogP contribution in [0.25, 0.3) is 11.0 Å². The third-order valence-electron chi connectivity index (χ3n) is 5.21. The number of hydrogen-bond donors (Lipinski definition) is 2. The van der Waals surface area contributed by atoms with Crippen molar-refractivity contribution in [2.45, 2.75) is 12.7 Å². The maximum absolute atomic E-state index is 12.8. The third kappa shape index (κ3) is 5.62. The van der Waals surface area contributed by atoms with Gasteiger partial charge in [0.1, 0.15) is 18.0 Å². The highest BCUT2D eigenvalue weighted by Gasteiger charge is 2.27. The molecule has 0 bridgehead atoms. The Balaban J connectivity index is 1.53. The molecule has 11 heteroatoms. The summed E-state index contributed by atoms with van der Waals surface area (Å²) >= 11 is 0. The number of nitrogens with one attached hydrogen (secondary N) is 2. The summed E-state index contributed by atoms with van der Waals surface area (Å²) in [6.45, 7) is -0.834. The van der Waals surface area contributed by atoms with Gasteiger partial charge < -0.3 is 20.1 Å². The Morgan fingerprint density at radius 1 is 1.03 bits per heavy atom. The predicted molar refractivity (Wildman–Crippen MR) is 125 cm³/mol. The van der Waals surface area contributed by atoms with E-state index in [0.717, 1.165) is 5.56 Å². The number of methoxy groups -OCH3 is 2. The molecule has 0 spiro atoms. The quantitative estimate of drug-likeness (QED) is 0.375. The van der Waals surface area contributed by atoms with Crippen LogP contribution in [0.1, 0.15) is 15.9 Å². The number of hydrogen-bond acceptors (Lipinski definition) is 6. The molecule has 35 heavy (non-hydrogen) atoms. The summed E-state index contributed by atoms with van der Waals surface area (Å²) in [4.78, 5) is 17.2. The molecule has 4 aromatic rings. The molecule has 0 radical (unpaired) electrons. The molecular formula is C24H22F3N5O3. The fraction of sp³-hybridized carbons (Fsp3) is 0.208. The number of amides is 1. The second kappa shape index (κ2) is 9.92. The summed E-state index contributed by atoms with van der Waals surface area (Å²) in [5.41, 5.74) is 2.05. The van der Waals surface area contributed by atoms with Gasteiger partial charge in [-0.05, 0) is 30.3 Å². The van der Waals surface area contributed by atoms with E-state index in [-0.39, 0.29) is 16.9 Å². The number of benzene rings is 2. The van der Waals surface area contributed by atoms with Gasteiger partial charge in [-0.3, -0.25) is 4.79 Å². The normalized spacial score (nSPS) is 11.3. The lowest BCUT2D eigenvalue weighted by molar-refractivity contribution is -0.115. The molecule has 0 saturated heterocycles. The first-order valence-corrected chi connectivity index (χ1v) is 10.5. The van der Waals surface area contributed by atoms with Crippen molar-refractivity contribution in [1.82, 2.24) is 14.8 Å². The van der Waals surface area contributed by atoms with Crippen LogP contribution in [-0.2, 0) is 6.54 Å². The highest BCUT2D eigenvalue weighted by molar-refractivity contribution is 6.07. The number of para-hydroxylation sites is 2. The Labute approximate surface area is 198 Å². The lowest BCUT2D eigenvalue weighted by Crippen LogP contribution is -2.22. The van der Waals surface area contributed by atoms with E-state index >= 15 is 0 Å². The average Bonchev–Trinajstić information content (AvgIpc) is 3.25. The molecule has 2 N–H and O–H groups in total. The zero-order valence-corrected chi connectivity index (χ0v) is 18.9. The van der Waals surface area contributed by atoms with Crippen molar-refractivity contribution in [2.75, 3.05) is 31.4 Å². The lowest BCUT2D eigenvalue weighted by atomic mass is 10.2. The number of carbonyl (C=O) groups is 1. The van der Waals surface area contributed by atoms with Crippen LogP contribution >= 0.6 is 0 Å². The van der Waals surface area contributed by atoms with Crippen molar-refractivity contribution >= 4 is 28.3 Å². The van der Waals surface area contributed by atoms with E-state index < -0.39 is 18.6 Å². The van der Waals surface area contributed by atoms with Gasteiger partial charge in [0.05, 0.1) is 43.9 Å². The van der Waals surface area contributed by atoms with E-state index in [2.05, 4.69) is 20.7 Å². The number of pyridine rings is 1. The molecule has 2 heterocycles. The first kappa shape index (κ1) is 23.9. The second-order valence-corrected chi connectivity index (χ2v) is 7.59. The standard InChI is InChI=1S/C24H22F3N5O3/c1-34-18-8-7-15(21(10-18)35-2)13-32-22-16(12-30-32)9-17(11-28-22)23(33)31-20-6-4-3-5-19(20)29-14-24(25,26)27/h3-12,29H,13-14H2,1-2H3,(H,31,33). The molecule has 2 aromatic carbocycles. The first-order chi connectivity index (χ1) is 16.8. The molecular weight excluding hydrogens is 463 g/mol. The number of fused-ring (bicyclic) bond motifs is 1. The smallest absolute Gasteiger partial charge is 0.405 e. The molecule has 0 fully saturated rings. The summed E-state index contributed by atoms with van der Waals surface area (Å²) in [6, 6.07) is 13.3. The van der Waals surface area contributed by atoms with Crippen molar-refractivity contribution in [3.05, 3.63) is 72.1 Å². The van der Waals surface area contributed by atoms with E-state index in [0.29, 0.717) is 29.1 Å². The minimum Gasteiger partial charge on any atom is -0.497 e. The van der Waals surface area contributed by atoms with E-state index in [1.165, 1.54) is 18.3 Å². The SMILES string of the molecule is COc1ccc(Cn2ncc3cc(C(=O)Nc4ccccc4NCC(F)(F)F)cnc32)c(OC)c1. The number of ether oxygens (including phenoxy) is 2. The fourth-order valence-electron chi connectivity index (χ4n) is 3.49. The lowest BCUT2D eigenvalue weighted by Gasteiger charge is -2.14. The Kier molecular flexibility index (Phi) is 6.76. The van der Waals surface area contributed by atoms with Gasteiger partial charge in [0.15, 0.2) is 5.65 Å². The van der Waals surface area contributed by atoms with Crippen LogP contribution in [0.5, 0.6) is 11.5 Å². The Bertz CT molecular complexity index is 1350. The minimum atomic E-state index is -4.39. The molecule has 0 saturated carbocycles. The van der Waals surface area contributed by atoms with Gasteiger partial charge in [-0.25, -0.2) is 9.67 Å². The van der Waals surface area contributed by atoms with Crippen molar-refractivity contribution in [2.24, 2.45) is 0 Å². The van der Waals surface area contributed by atoms with Crippen LogP contribution in [0, 0.1) is 0 Å². The van der Waals surface area contributed by atoms with E-state index in [4.69, 9.17) is 9.47 Å². The number of rotatable bonds is 8. The first-order valence-electron chi connectivity index (χ1n) is 10.5. The molecule has 2 aromatic heterocycles. The van der Waals surface area contributed by atoms with E-state index in [9.17, 15) is 18.0 Å². The third-order valence-corrected chi connectivity index (χ3v) is 5.21. The van der Waals surface area contributed by atoms with Crippen molar-refractivity contribution in [1.29, 1.82) is 0 Å². The van der Waals surface area contributed by atoms with Crippen LogP contribution in [-0.4, -0.2) is 47.6 Å². The number of nitrogens with zero attached hydrogens (tertiary/aromatic N) is 3. The van der Waals surface area contributed by atoms with Crippen molar-refractivity contribution < 1.29 is 27.4 Å². The average molecular weight is 485 g/mol. The second-order valence-electron chi connectivity index (χ2n) is 7.59. The van der Waals surface area contributed by atoms with E-state index in [1.807, 2.05) is 12.1 Å². The van der Waals surface area contributed by atoms with Crippen molar-refractivity contribution in [3.8, 4) is 11.5 Å². The minimum absolute atomic E-state index is 0.161. The van der Waals surface area contributed by atoms with Gasteiger partial charge in [0, 0.05) is 23.2 Å². The Morgan fingerprint density at radius 3 is 2.51 bits per heavy atom. The summed E-state index contributed by atoms with van der Waals surface area (Å²) in [5.74, 6) is 0.798. The van der Waals surface area contributed by atoms with Crippen molar-refractivity contribution in [3.63, 3.8) is 0 Å². The largest absolute Gasteiger partial charge is 0.497 e. The maximum Gasteiger partial charge on any atom is 0.405 e. The Hall–Kier alpha value is -4.28. The molecule has 0 aliphatic heterocycles. The molecule has 0 unspecified atom stereocenters. The zero-order valence-electron chi connectivity index (χ0n) is 18.9. The van der Waals surface area contributed by atoms with Crippen LogP contribution in [0.15, 0.2) is 60.9 Å². The van der Waals surface area contributed by atoms with E-state index in [1.54, 1.807) is 49.4 Å². The summed E-state index contributed by atoms with van der Waals surface area (Å²) in [6.07, 6.45) is -1.40. The van der Waals surface area contributed by atoms with Crippen LogP contribution in [0.4, 0.5) is 24.5 Å². The highest BCUT2D eigenvalue weighted by atomic mass is 19.4. The highest BCUT2D eigenvalue weighted by Crippen LogP contribution is 2.27. The number of aromatic nitrogens is 3. The number of halogens is 3. The summed E-state index contributed by atoms with van der Waals surface area (Å²) in [7, 11) is 3.14. The maximum atomic E-state index is 12.8. The number of carbonyl (C=O) groups excluding carboxylic acids is 1. The summed E-state index contributed by atoms with van der Waals surface area (Å²) in [5, 5.41) is 9.94. The summed E-state index contributed by atoms with van der Waals surface area (Å²) < 4.78 is 50.1. The fourth-order valence-corrected chi connectivity index (χ4v) is 3.49. The van der Waals surface area contributed by atoms with Crippen LogP contribution in [0.2, 0.25) is 0 Å². The number of alkyl halides is 3. The number of anilines is 2. The van der Waals surface area contributed by atoms with Gasteiger partial charge in [0.2, 0.25) is 0 Å². The molecule has 0 atom stereocenters. The molecule has 4 rings (SSSR count). The Morgan fingerprint density at radius 2 is 1.80 bits per heavy atom. The molecule has 0 aliphatic rings. The molecule has 1 amide bonds. The van der Waals surface area contributed by atoms with Crippen LogP contribution in [0.3, 0.4) is 0 Å². The molecule has 8 nitrogen and oxygen atoms in total. The van der Waals surface area contributed by atoms with Gasteiger partial charge >= 0.3 is 6.18 Å². The monoisotopic (exact) mass is 485 g/mol. The van der Waals surface area contributed by atoms with Gasteiger partial charge in [-0.1, -0.05) is 12.1 Å². The molecule has 182 valence electrons.